The number of aliphatic carboxylic acids is 1. The molecule has 0 aromatic heterocycles. The fourth-order valence-corrected chi connectivity index (χ4v) is 3.74. The van der Waals surface area contributed by atoms with Crippen molar-refractivity contribution in [2.75, 3.05) is 37.7 Å². The fraction of sp³-hybridized carbons (Fsp3) is 0.250. The number of benzene rings is 3. The molecule has 0 bridgehead atoms. The van der Waals surface area contributed by atoms with Crippen LogP contribution in [0.25, 0.3) is 10.8 Å². The molecule has 1 N–H and O–H groups in total. The lowest BCUT2D eigenvalue weighted by atomic mass is 10.1. The molecule has 6 nitrogen and oxygen atoms in total. The van der Waals surface area contributed by atoms with Gasteiger partial charge in [-0.1, -0.05) is 42.5 Å². The summed E-state index contributed by atoms with van der Waals surface area (Å²) in [7, 11) is 0. The van der Waals surface area contributed by atoms with Gasteiger partial charge in [0.1, 0.15) is 5.75 Å². The third-order valence-corrected chi connectivity index (χ3v) is 5.34. The Labute approximate surface area is 175 Å². The van der Waals surface area contributed by atoms with Crippen molar-refractivity contribution in [1.82, 2.24) is 4.90 Å². The number of para-hydroxylation sites is 2. The van der Waals surface area contributed by atoms with Crippen molar-refractivity contribution in [3.05, 3.63) is 72.3 Å². The third-order valence-electron chi connectivity index (χ3n) is 5.34. The molecule has 0 atom stereocenters. The number of fused-ring (bicyclic) bond motifs is 1. The van der Waals surface area contributed by atoms with Gasteiger partial charge >= 0.3 is 5.97 Å². The zero-order valence-electron chi connectivity index (χ0n) is 16.7. The van der Waals surface area contributed by atoms with E-state index in [2.05, 4.69) is 4.90 Å². The summed E-state index contributed by atoms with van der Waals surface area (Å²) >= 11 is 0. The molecule has 30 heavy (non-hydrogen) atoms. The highest BCUT2D eigenvalue weighted by Gasteiger charge is 2.24. The molecular weight excluding hydrogens is 380 g/mol. The van der Waals surface area contributed by atoms with Crippen LogP contribution in [0.4, 0.5) is 5.69 Å². The Morgan fingerprint density at radius 3 is 2.33 bits per heavy atom. The van der Waals surface area contributed by atoms with E-state index in [0.29, 0.717) is 37.5 Å². The highest BCUT2D eigenvalue weighted by Crippen LogP contribution is 2.29. The highest BCUT2D eigenvalue weighted by atomic mass is 16.5. The van der Waals surface area contributed by atoms with Gasteiger partial charge in [0.05, 0.1) is 18.7 Å². The van der Waals surface area contributed by atoms with E-state index in [1.807, 2.05) is 71.6 Å². The number of carboxylic acids is 1. The molecule has 0 aliphatic carbocycles. The van der Waals surface area contributed by atoms with Crippen molar-refractivity contribution >= 4 is 28.3 Å². The number of rotatable bonds is 6. The molecule has 4 rings (SSSR count). The number of hydrogen-bond donors (Lipinski definition) is 1. The average Bonchev–Trinajstić information content (AvgIpc) is 2.78. The van der Waals surface area contributed by atoms with Crippen LogP contribution in [-0.2, 0) is 4.79 Å². The van der Waals surface area contributed by atoms with E-state index in [-0.39, 0.29) is 18.9 Å². The van der Waals surface area contributed by atoms with Crippen molar-refractivity contribution in [2.24, 2.45) is 0 Å². The number of carboxylic acid groups (broad SMARTS) is 1. The van der Waals surface area contributed by atoms with E-state index in [4.69, 9.17) is 9.84 Å². The van der Waals surface area contributed by atoms with Gasteiger partial charge < -0.3 is 19.6 Å². The van der Waals surface area contributed by atoms with Crippen molar-refractivity contribution in [3.8, 4) is 5.75 Å². The van der Waals surface area contributed by atoms with Gasteiger partial charge in [0.2, 0.25) is 0 Å². The monoisotopic (exact) mass is 404 g/mol. The molecule has 154 valence electrons. The molecule has 3 aromatic rings. The first-order valence-electron chi connectivity index (χ1n) is 10.1. The third kappa shape index (κ3) is 4.38. The Balaban J connectivity index is 1.41. The molecule has 0 radical (unpaired) electrons. The molecule has 1 aliphatic heterocycles. The molecule has 1 amide bonds. The molecule has 1 heterocycles. The maximum Gasteiger partial charge on any atom is 0.306 e. The summed E-state index contributed by atoms with van der Waals surface area (Å²) in [5.74, 6) is -0.159. The summed E-state index contributed by atoms with van der Waals surface area (Å²) in [6.45, 7) is 2.76. The van der Waals surface area contributed by atoms with E-state index in [9.17, 15) is 9.59 Å². The van der Waals surface area contributed by atoms with Crippen LogP contribution in [-0.4, -0.2) is 54.7 Å². The minimum atomic E-state index is -0.881. The molecule has 1 fully saturated rings. The van der Waals surface area contributed by atoms with E-state index >= 15 is 0 Å². The molecule has 0 unspecified atom stereocenters. The van der Waals surface area contributed by atoms with Crippen molar-refractivity contribution in [2.45, 2.75) is 6.42 Å². The van der Waals surface area contributed by atoms with Crippen LogP contribution >= 0.6 is 0 Å². The average molecular weight is 404 g/mol. The highest BCUT2D eigenvalue weighted by molar-refractivity contribution is 5.98. The second-order valence-electron chi connectivity index (χ2n) is 7.30. The number of anilines is 1. The van der Waals surface area contributed by atoms with E-state index in [0.717, 1.165) is 16.5 Å². The lowest BCUT2D eigenvalue weighted by Crippen LogP contribution is -2.48. The number of hydrogen-bond acceptors (Lipinski definition) is 4. The van der Waals surface area contributed by atoms with Gasteiger partial charge in [-0.3, -0.25) is 9.59 Å². The Morgan fingerprint density at radius 2 is 1.57 bits per heavy atom. The van der Waals surface area contributed by atoms with Crippen LogP contribution in [0.1, 0.15) is 16.8 Å². The first-order chi connectivity index (χ1) is 14.6. The van der Waals surface area contributed by atoms with Gasteiger partial charge in [-0.15, -0.1) is 0 Å². The molecule has 0 saturated carbocycles. The second-order valence-corrected chi connectivity index (χ2v) is 7.30. The molecule has 6 heteroatoms. The summed E-state index contributed by atoms with van der Waals surface area (Å²) in [5.41, 5.74) is 1.64. The van der Waals surface area contributed by atoms with Crippen LogP contribution in [0.3, 0.4) is 0 Å². The molecular formula is C24H24N2O4. The molecule has 1 saturated heterocycles. The van der Waals surface area contributed by atoms with E-state index < -0.39 is 5.97 Å². The maximum absolute atomic E-state index is 13.0. The lowest BCUT2D eigenvalue weighted by molar-refractivity contribution is -0.137. The number of carbonyl (C=O) groups excluding carboxylic acids is 1. The number of carbonyl (C=O) groups is 2. The van der Waals surface area contributed by atoms with Crippen molar-refractivity contribution < 1.29 is 19.4 Å². The predicted molar refractivity (Wildman–Crippen MR) is 116 cm³/mol. The Hall–Kier alpha value is -3.54. The summed E-state index contributed by atoms with van der Waals surface area (Å²) in [5, 5.41) is 11.0. The molecule has 0 spiro atoms. The summed E-state index contributed by atoms with van der Waals surface area (Å²) in [6, 6.07) is 21.5. The van der Waals surface area contributed by atoms with Gasteiger partial charge in [-0.05, 0) is 35.0 Å². The summed E-state index contributed by atoms with van der Waals surface area (Å²) in [6.07, 6.45) is -0.0393. The fourth-order valence-electron chi connectivity index (χ4n) is 3.74. The number of piperazine rings is 1. The van der Waals surface area contributed by atoms with Gasteiger partial charge in [-0.25, -0.2) is 0 Å². The second kappa shape index (κ2) is 8.86. The minimum Gasteiger partial charge on any atom is -0.491 e. The van der Waals surface area contributed by atoms with E-state index in [1.54, 1.807) is 0 Å². The van der Waals surface area contributed by atoms with Crippen molar-refractivity contribution in [1.29, 1.82) is 0 Å². The van der Waals surface area contributed by atoms with Crippen LogP contribution in [0.2, 0.25) is 0 Å². The normalized spacial score (nSPS) is 14.0. The van der Waals surface area contributed by atoms with Crippen LogP contribution in [0.5, 0.6) is 5.75 Å². The summed E-state index contributed by atoms with van der Waals surface area (Å²) in [4.78, 5) is 27.8. The SMILES string of the molecule is O=C(O)CCOc1ccccc1N1CCN(C(=O)c2ccc3ccccc3c2)CC1. The number of nitrogens with zero attached hydrogens (tertiary/aromatic N) is 2. The Bertz CT molecular complexity index is 1060. The van der Waals surface area contributed by atoms with Crippen LogP contribution in [0.15, 0.2) is 66.7 Å². The van der Waals surface area contributed by atoms with Gasteiger partial charge in [0, 0.05) is 31.7 Å². The van der Waals surface area contributed by atoms with Crippen molar-refractivity contribution in [3.63, 3.8) is 0 Å². The first-order valence-corrected chi connectivity index (χ1v) is 10.1. The van der Waals surface area contributed by atoms with E-state index in [1.165, 1.54) is 0 Å². The standard InChI is InChI=1S/C24H24N2O4/c27-23(28)11-16-30-22-8-4-3-7-21(22)25-12-14-26(15-13-25)24(29)20-10-9-18-5-1-2-6-19(18)17-20/h1-10,17H,11-16H2,(H,27,28). The van der Waals surface area contributed by atoms with Gasteiger partial charge in [0.25, 0.3) is 5.91 Å². The maximum atomic E-state index is 13.0. The first kappa shape index (κ1) is 19.8. The van der Waals surface area contributed by atoms with Gasteiger partial charge in [-0.2, -0.15) is 0 Å². The molecule has 3 aromatic carbocycles. The zero-order valence-corrected chi connectivity index (χ0v) is 16.7. The predicted octanol–water partition coefficient (Wildman–Crippen LogP) is 3.66. The zero-order chi connectivity index (χ0) is 20.9. The van der Waals surface area contributed by atoms with Crippen LogP contribution in [0, 0.1) is 0 Å². The largest absolute Gasteiger partial charge is 0.491 e. The summed E-state index contributed by atoms with van der Waals surface area (Å²) < 4.78 is 5.68. The molecule has 1 aliphatic rings. The topological polar surface area (TPSA) is 70.1 Å². The minimum absolute atomic E-state index is 0.0393. The van der Waals surface area contributed by atoms with Gasteiger partial charge in [0.15, 0.2) is 0 Å². The van der Waals surface area contributed by atoms with Crippen LogP contribution < -0.4 is 9.64 Å². The number of amides is 1. The Kier molecular flexibility index (Phi) is 5.84. The quantitative estimate of drug-likeness (QED) is 0.679. The Morgan fingerprint density at radius 1 is 0.867 bits per heavy atom. The number of ether oxygens (including phenoxy) is 1. The lowest BCUT2D eigenvalue weighted by Gasteiger charge is -2.36. The smallest absolute Gasteiger partial charge is 0.306 e.